The lowest BCUT2D eigenvalue weighted by atomic mass is 10.1. The van der Waals surface area contributed by atoms with Crippen molar-refractivity contribution in [1.82, 2.24) is 24.6 Å². The summed E-state index contributed by atoms with van der Waals surface area (Å²) in [7, 11) is 0. The van der Waals surface area contributed by atoms with Crippen molar-refractivity contribution in [2.24, 2.45) is 0 Å². The number of rotatable bonds is 2. The highest BCUT2D eigenvalue weighted by atomic mass is 15.3. The minimum atomic E-state index is 0.363. The summed E-state index contributed by atoms with van der Waals surface area (Å²) < 4.78 is 1.88. The van der Waals surface area contributed by atoms with Gasteiger partial charge >= 0.3 is 0 Å². The van der Waals surface area contributed by atoms with Crippen molar-refractivity contribution in [2.75, 3.05) is 5.73 Å². The molecule has 3 aromatic heterocycles. The van der Waals surface area contributed by atoms with Crippen LogP contribution >= 0.6 is 0 Å². The third-order valence-corrected chi connectivity index (χ3v) is 3.38. The van der Waals surface area contributed by atoms with Gasteiger partial charge in [0, 0.05) is 12.6 Å². The number of anilines is 1. The molecule has 0 aliphatic rings. The lowest BCUT2D eigenvalue weighted by Crippen LogP contribution is -2.03. The molecular formula is C15H12N6. The molecule has 0 aliphatic carbocycles. The van der Waals surface area contributed by atoms with E-state index in [0.717, 1.165) is 22.6 Å². The number of fused-ring (bicyclic) bond motifs is 3. The standard InChI is InChI=1S/C15H12N6/c16-13-15-20-19-12(9-10-5-2-1-3-6-10)21(15)14-11(18-13)7-4-8-17-14/h1-8H,9H2,(H2,16,18). The smallest absolute Gasteiger partial charge is 0.205 e. The largest absolute Gasteiger partial charge is 0.381 e. The normalized spacial score (nSPS) is 11.2. The lowest BCUT2D eigenvalue weighted by molar-refractivity contribution is 0.941. The first-order valence-electron chi connectivity index (χ1n) is 6.61. The van der Waals surface area contributed by atoms with E-state index >= 15 is 0 Å². The van der Waals surface area contributed by atoms with Gasteiger partial charge in [-0.05, 0) is 17.7 Å². The summed E-state index contributed by atoms with van der Waals surface area (Å²) in [5.74, 6) is 1.16. The topological polar surface area (TPSA) is 82.0 Å². The SMILES string of the molecule is Nc1nc2cccnc2n2c(Cc3ccccc3)nnc12. The first-order valence-corrected chi connectivity index (χ1v) is 6.61. The molecule has 4 aromatic rings. The van der Waals surface area contributed by atoms with Crippen molar-refractivity contribution in [1.29, 1.82) is 0 Å². The second-order valence-electron chi connectivity index (χ2n) is 4.78. The van der Waals surface area contributed by atoms with Crippen LogP contribution in [0.5, 0.6) is 0 Å². The van der Waals surface area contributed by atoms with Crippen molar-refractivity contribution in [3.05, 3.63) is 60.0 Å². The summed E-state index contributed by atoms with van der Waals surface area (Å²) in [4.78, 5) is 8.71. The van der Waals surface area contributed by atoms with Gasteiger partial charge in [-0.2, -0.15) is 0 Å². The summed E-state index contributed by atoms with van der Waals surface area (Å²) >= 11 is 0. The summed E-state index contributed by atoms with van der Waals surface area (Å²) in [5.41, 5.74) is 9.13. The van der Waals surface area contributed by atoms with E-state index in [-0.39, 0.29) is 0 Å². The van der Waals surface area contributed by atoms with Gasteiger partial charge in [0.15, 0.2) is 11.5 Å². The van der Waals surface area contributed by atoms with E-state index in [1.165, 1.54) is 0 Å². The number of hydrogen-bond acceptors (Lipinski definition) is 5. The zero-order valence-electron chi connectivity index (χ0n) is 11.1. The van der Waals surface area contributed by atoms with Crippen LogP contribution in [0.25, 0.3) is 16.8 Å². The number of pyridine rings is 1. The van der Waals surface area contributed by atoms with Crippen LogP contribution in [-0.4, -0.2) is 24.6 Å². The van der Waals surface area contributed by atoms with Crippen LogP contribution in [0, 0.1) is 0 Å². The predicted molar refractivity (Wildman–Crippen MR) is 79.7 cm³/mol. The van der Waals surface area contributed by atoms with E-state index in [9.17, 15) is 0 Å². The first kappa shape index (κ1) is 11.8. The van der Waals surface area contributed by atoms with Gasteiger partial charge in [0.2, 0.25) is 5.65 Å². The van der Waals surface area contributed by atoms with Gasteiger partial charge in [-0.3, -0.25) is 4.40 Å². The molecule has 0 atom stereocenters. The molecular weight excluding hydrogens is 264 g/mol. The molecule has 6 heteroatoms. The van der Waals surface area contributed by atoms with Crippen LogP contribution < -0.4 is 5.73 Å². The molecule has 2 N–H and O–H groups in total. The molecule has 0 amide bonds. The fourth-order valence-corrected chi connectivity index (χ4v) is 2.43. The van der Waals surface area contributed by atoms with Crippen LogP contribution in [0.4, 0.5) is 5.82 Å². The molecule has 0 fully saturated rings. The summed E-state index contributed by atoms with van der Waals surface area (Å²) in [5, 5.41) is 8.40. The van der Waals surface area contributed by atoms with Gasteiger partial charge in [0.05, 0.1) is 0 Å². The van der Waals surface area contributed by atoms with Gasteiger partial charge in [-0.15, -0.1) is 10.2 Å². The van der Waals surface area contributed by atoms with Crippen molar-refractivity contribution in [2.45, 2.75) is 6.42 Å². The Labute approximate surface area is 120 Å². The molecule has 0 saturated heterocycles. The highest BCUT2D eigenvalue weighted by Gasteiger charge is 2.14. The van der Waals surface area contributed by atoms with Crippen LogP contribution in [-0.2, 0) is 6.42 Å². The number of aromatic nitrogens is 5. The van der Waals surface area contributed by atoms with Gasteiger partial charge in [0.1, 0.15) is 11.3 Å². The van der Waals surface area contributed by atoms with Crippen LogP contribution in [0.15, 0.2) is 48.7 Å². The number of nitrogens with two attached hydrogens (primary N) is 1. The van der Waals surface area contributed by atoms with E-state index in [0.29, 0.717) is 17.9 Å². The molecule has 3 heterocycles. The Hall–Kier alpha value is -3.02. The van der Waals surface area contributed by atoms with Crippen molar-refractivity contribution >= 4 is 22.6 Å². The maximum Gasteiger partial charge on any atom is 0.205 e. The molecule has 4 rings (SSSR count). The Morgan fingerprint density at radius 2 is 1.81 bits per heavy atom. The van der Waals surface area contributed by atoms with E-state index < -0.39 is 0 Å². The van der Waals surface area contributed by atoms with Crippen LogP contribution in [0.2, 0.25) is 0 Å². The van der Waals surface area contributed by atoms with Gasteiger partial charge < -0.3 is 5.73 Å². The quantitative estimate of drug-likeness (QED) is 0.604. The summed E-state index contributed by atoms with van der Waals surface area (Å²) in [6.45, 7) is 0. The maximum absolute atomic E-state index is 5.97. The van der Waals surface area contributed by atoms with Crippen molar-refractivity contribution < 1.29 is 0 Å². The lowest BCUT2D eigenvalue weighted by Gasteiger charge is -2.05. The summed E-state index contributed by atoms with van der Waals surface area (Å²) in [6, 6.07) is 13.8. The molecule has 0 unspecified atom stereocenters. The fraction of sp³-hybridized carbons (Fsp3) is 0.0667. The monoisotopic (exact) mass is 276 g/mol. The van der Waals surface area contributed by atoms with Gasteiger partial charge in [-0.25, -0.2) is 9.97 Å². The average Bonchev–Trinajstić information content (AvgIpc) is 2.93. The van der Waals surface area contributed by atoms with E-state index in [4.69, 9.17) is 5.73 Å². The highest BCUT2D eigenvalue weighted by Crippen LogP contribution is 2.19. The van der Waals surface area contributed by atoms with E-state index in [1.54, 1.807) is 6.20 Å². The van der Waals surface area contributed by atoms with Gasteiger partial charge in [-0.1, -0.05) is 30.3 Å². The Balaban J connectivity index is 1.98. The highest BCUT2D eigenvalue weighted by molar-refractivity contribution is 5.78. The molecule has 0 bridgehead atoms. The van der Waals surface area contributed by atoms with Crippen LogP contribution in [0.3, 0.4) is 0 Å². The molecule has 21 heavy (non-hydrogen) atoms. The van der Waals surface area contributed by atoms with Crippen molar-refractivity contribution in [3.63, 3.8) is 0 Å². The molecule has 102 valence electrons. The van der Waals surface area contributed by atoms with E-state index in [1.807, 2.05) is 34.7 Å². The van der Waals surface area contributed by atoms with E-state index in [2.05, 4.69) is 32.3 Å². The minimum Gasteiger partial charge on any atom is -0.381 e. The zero-order valence-corrected chi connectivity index (χ0v) is 11.1. The Morgan fingerprint density at radius 1 is 0.952 bits per heavy atom. The second-order valence-corrected chi connectivity index (χ2v) is 4.78. The molecule has 0 radical (unpaired) electrons. The summed E-state index contributed by atoms with van der Waals surface area (Å²) in [6.07, 6.45) is 2.39. The Bertz CT molecular complexity index is 929. The first-order chi connectivity index (χ1) is 10.3. The molecule has 1 aromatic carbocycles. The average molecular weight is 276 g/mol. The van der Waals surface area contributed by atoms with Gasteiger partial charge in [0.25, 0.3) is 0 Å². The maximum atomic E-state index is 5.97. The third-order valence-electron chi connectivity index (χ3n) is 3.38. The molecule has 6 nitrogen and oxygen atoms in total. The number of nitrogen functional groups attached to an aromatic ring is 1. The number of hydrogen-bond donors (Lipinski definition) is 1. The van der Waals surface area contributed by atoms with Crippen molar-refractivity contribution in [3.8, 4) is 0 Å². The second kappa shape index (κ2) is 4.52. The minimum absolute atomic E-state index is 0.363. The fourth-order valence-electron chi connectivity index (χ4n) is 2.43. The zero-order chi connectivity index (χ0) is 14.2. The Morgan fingerprint density at radius 3 is 2.67 bits per heavy atom. The third kappa shape index (κ3) is 1.88. The molecule has 0 spiro atoms. The molecule has 0 aliphatic heterocycles. The number of nitrogens with zero attached hydrogens (tertiary/aromatic N) is 5. The van der Waals surface area contributed by atoms with Crippen LogP contribution in [0.1, 0.15) is 11.4 Å². The molecule has 0 saturated carbocycles. The predicted octanol–water partition coefficient (Wildman–Crippen LogP) is 1.85. The Kier molecular flexibility index (Phi) is 2.53. The number of benzene rings is 1.